The summed E-state index contributed by atoms with van der Waals surface area (Å²) in [5, 5.41) is 2.69. The Balaban J connectivity index is 1.65. The second-order valence-corrected chi connectivity index (χ2v) is 8.86. The zero-order valence-electron chi connectivity index (χ0n) is 17.3. The molecular formula is C23H23FN2O4S. The number of ether oxygens (including phenoxy) is 1. The first-order valence-corrected chi connectivity index (χ1v) is 11.1. The van der Waals surface area contributed by atoms with E-state index in [9.17, 15) is 17.6 Å². The summed E-state index contributed by atoms with van der Waals surface area (Å²) in [6.45, 7) is 5.52. The Morgan fingerprint density at radius 3 is 2.19 bits per heavy atom. The van der Waals surface area contributed by atoms with Gasteiger partial charge in [-0.25, -0.2) is 12.8 Å². The molecule has 0 heterocycles. The average molecular weight is 443 g/mol. The van der Waals surface area contributed by atoms with E-state index >= 15 is 0 Å². The van der Waals surface area contributed by atoms with Gasteiger partial charge in [0.2, 0.25) is 0 Å². The number of carbonyl (C=O) groups is 1. The molecule has 31 heavy (non-hydrogen) atoms. The van der Waals surface area contributed by atoms with Crippen molar-refractivity contribution < 1.29 is 22.3 Å². The Kier molecular flexibility index (Phi) is 6.60. The Morgan fingerprint density at radius 2 is 1.58 bits per heavy atom. The molecule has 0 saturated carbocycles. The molecule has 0 aliphatic rings. The van der Waals surface area contributed by atoms with Gasteiger partial charge in [-0.05, 0) is 80.4 Å². The van der Waals surface area contributed by atoms with E-state index in [1.165, 1.54) is 42.5 Å². The zero-order chi connectivity index (χ0) is 22.6. The molecule has 8 heteroatoms. The second kappa shape index (κ2) is 9.18. The van der Waals surface area contributed by atoms with Crippen LogP contribution in [0.25, 0.3) is 0 Å². The van der Waals surface area contributed by atoms with Crippen molar-refractivity contribution >= 4 is 27.3 Å². The van der Waals surface area contributed by atoms with E-state index in [1.54, 1.807) is 6.92 Å². The third-order valence-corrected chi connectivity index (χ3v) is 5.81. The van der Waals surface area contributed by atoms with E-state index in [2.05, 4.69) is 10.0 Å². The molecule has 162 valence electrons. The van der Waals surface area contributed by atoms with Crippen molar-refractivity contribution in [1.29, 1.82) is 0 Å². The van der Waals surface area contributed by atoms with Crippen molar-refractivity contribution in [2.24, 2.45) is 0 Å². The SMILES string of the molecule is Cc1cc(C)cc(O[C@H](C)C(=O)Nc2ccc(S(=O)(=O)Nc3ccccc3F)cc2)c1. The molecule has 1 amide bonds. The van der Waals surface area contributed by atoms with Crippen molar-refractivity contribution in [2.45, 2.75) is 31.8 Å². The number of anilines is 2. The first-order valence-electron chi connectivity index (χ1n) is 9.57. The number of halogens is 1. The van der Waals surface area contributed by atoms with Crippen molar-refractivity contribution in [3.63, 3.8) is 0 Å². The Labute approximate surface area is 181 Å². The summed E-state index contributed by atoms with van der Waals surface area (Å²) in [5.74, 6) is -0.451. The topological polar surface area (TPSA) is 84.5 Å². The quantitative estimate of drug-likeness (QED) is 0.558. The number of aryl methyl sites for hydroxylation is 2. The average Bonchev–Trinajstić information content (AvgIpc) is 2.69. The standard InChI is InChI=1S/C23H23FN2O4S/c1-15-12-16(2)14-19(13-15)30-17(3)23(27)25-18-8-10-20(11-9-18)31(28,29)26-22-7-5-4-6-21(22)24/h4-14,17,26H,1-3H3,(H,25,27)/t17-/m1/s1. The van der Waals surface area contributed by atoms with Gasteiger partial charge in [0.25, 0.3) is 15.9 Å². The van der Waals surface area contributed by atoms with Gasteiger partial charge in [-0.15, -0.1) is 0 Å². The summed E-state index contributed by atoms with van der Waals surface area (Å²) in [7, 11) is -3.97. The number of benzene rings is 3. The molecule has 0 aromatic heterocycles. The predicted molar refractivity (Wildman–Crippen MR) is 118 cm³/mol. The van der Waals surface area contributed by atoms with Crippen LogP contribution in [0.3, 0.4) is 0 Å². The van der Waals surface area contributed by atoms with Crippen molar-refractivity contribution in [2.75, 3.05) is 10.0 Å². The van der Waals surface area contributed by atoms with Crippen LogP contribution in [-0.4, -0.2) is 20.4 Å². The van der Waals surface area contributed by atoms with Crippen LogP contribution in [0.15, 0.2) is 71.6 Å². The third kappa shape index (κ3) is 5.82. The molecule has 0 spiro atoms. The first-order chi connectivity index (χ1) is 14.6. The van der Waals surface area contributed by atoms with E-state index in [0.717, 1.165) is 17.2 Å². The lowest BCUT2D eigenvalue weighted by Gasteiger charge is -2.16. The van der Waals surface area contributed by atoms with Gasteiger partial charge in [0.05, 0.1) is 10.6 Å². The predicted octanol–water partition coefficient (Wildman–Crippen LogP) is 4.65. The molecule has 3 rings (SSSR count). The van der Waals surface area contributed by atoms with Gasteiger partial charge < -0.3 is 10.1 Å². The molecule has 0 aliphatic carbocycles. The highest BCUT2D eigenvalue weighted by Crippen LogP contribution is 2.21. The molecule has 0 unspecified atom stereocenters. The van der Waals surface area contributed by atoms with Crippen LogP contribution in [-0.2, 0) is 14.8 Å². The van der Waals surface area contributed by atoms with Gasteiger partial charge in [-0.2, -0.15) is 0 Å². The summed E-state index contributed by atoms with van der Waals surface area (Å²) in [5.41, 5.74) is 2.33. The number of hydrogen-bond donors (Lipinski definition) is 2. The molecule has 0 saturated heterocycles. The van der Waals surface area contributed by atoms with Crippen molar-refractivity contribution in [1.82, 2.24) is 0 Å². The van der Waals surface area contributed by atoms with E-state index in [0.29, 0.717) is 11.4 Å². The van der Waals surface area contributed by atoms with Crippen molar-refractivity contribution in [3.8, 4) is 5.75 Å². The minimum atomic E-state index is -3.97. The molecule has 6 nitrogen and oxygen atoms in total. The maximum absolute atomic E-state index is 13.7. The highest BCUT2D eigenvalue weighted by atomic mass is 32.2. The van der Waals surface area contributed by atoms with Crippen LogP contribution in [0.1, 0.15) is 18.1 Å². The molecule has 1 atom stereocenters. The number of hydrogen-bond acceptors (Lipinski definition) is 4. The molecule has 2 N–H and O–H groups in total. The van der Waals surface area contributed by atoms with Crippen molar-refractivity contribution in [3.05, 3.63) is 83.7 Å². The van der Waals surface area contributed by atoms with Gasteiger partial charge >= 0.3 is 0 Å². The number of amides is 1. The number of nitrogens with one attached hydrogen (secondary N) is 2. The van der Waals surface area contributed by atoms with Gasteiger partial charge in [0, 0.05) is 5.69 Å². The number of rotatable bonds is 7. The molecular weight excluding hydrogens is 419 g/mol. The van der Waals surface area contributed by atoms with Crippen LogP contribution in [0, 0.1) is 19.7 Å². The highest BCUT2D eigenvalue weighted by molar-refractivity contribution is 7.92. The third-order valence-electron chi connectivity index (χ3n) is 4.43. The monoisotopic (exact) mass is 442 g/mol. The van der Waals surface area contributed by atoms with Gasteiger partial charge in [-0.1, -0.05) is 18.2 Å². The molecule has 0 radical (unpaired) electrons. The summed E-state index contributed by atoms with van der Waals surface area (Å²) in [6, 6.07) is 16.8. The van der Waals surface area contributed by atoms with Gasteiger partial charge in [0.15, 0.2) is 6.10 Å². The first kappa shape index (κ1) is 22.3. The van der Waals surface area contributed by atoms with Crippen LogP contribution in [0.4, 0.5) is 15.8 Å². The summed E-state index contributed by atoms with van der Waals surface area (Å²) in [4.78, 5) is 12.4. The Morgan fingerprint density at radius 1 is 0.968 bits per heavy atom. The Hall–Kier alpha value is -3.39. The zero-order valence-corrected chi connectivity index (χ0v) is 18.2. The molecule has 3 aromatic carbocycles. The summed E-state index contributed by atoms with van der Waals surface area (Å²) < 4.78 is 46.6. The van der Waals surface area contributed by atoms with E-state index < -0.39 is 21.9 Å². The Bertz CT molecular complexity index is 1170. The second-order valence-electron chi connectivity index (χ2n) is 7.18. The largest absolute Gasteiger partial charge is 0.481 e. The summed E-state index contributed by atoms with van der Waals surface area (Å²) >= 11 is 0. The van der Waals surface area contributed by atoms with Crippen LogP contribution in [0.5, 0.6) is 5.75 Å². The summed E-state index contributed by atoms with van der Waals surface area (Å²) in [6.07, 6.45) is -0.757. The highest BCUT2D eigenvalue weighted by Gasteiger charge is 2.18. The van der Waals surface area contributed by atoms with Crippen LogP contribution < -0.4 is 14.8 Å². The maximum atomic E-state index is 13.7. The van der Waals surface area contributed by atoms with Gasteiger partial charge in [0.1, 0.15) is 11.6 Å². The minimum absolute atomic E-state index is 0.0618. The van der Waals surface area contributed by atoms with E-state index in [-0.39, 0.29) is 16.5 Å². The fourth-order valence-electron chi connectivity index (χ4n) is 2.97. The molecule has 0 bridgehead atoms. The maximum Gasteiger partial charge on any atom is 0.265 e. The number of carbonyl (C=O) groups excluding carboxylic acids is 1. The number of para-hydroxylation sites is 1. The lowest BCUT2D eigenvalue weighted by molar-refractivity contribution is -0.122. The minimum Gasteiger partial charge on any atom is -0.481 e. The smallest absolute Gasteiger partial charge is 0.265 e. The fourth-order valence-corrected chi connectivity index (χ4v) is 4.03. The molecule has 0 fully saturated rings. The molecule has 0 aliphatic heterocycles. The fraction of sp³-hybridized carbons (Fsp3) is 0.174. The van der Waals surface area contributed by atoms with Crippen LogP contribution in [0.2, 0.25) is 0 Å². The molecule has 3 aromatic rings. The number of sulfonamides is 1. The van der Waals surface area contributed by atoms with E-state index in [4.69, 9.17) is 4.74 Å². The van der Waals surface area contributed by atoms with Crippen LogP contribution >= 0.6 is 0 Å². The van der Waals surface area contributed by atoms with Gasteiger partial charge in [-0.3, -0.25) is 9.52 Å². The lowest BCUT2D eigenvalue weighted by atomic mass is 10.1. The lowest BCUT2D eigenvalue weighted by Crippen LogP contribution is -2.30. The van der Waals surface area contributed by atoms with E-state index in [1.807, 2.05) is 32.0 Å². The normalized spacial score (nSPS) is 12.1.